The number of hydrogen-bond donors (Lipinski definition) is 1. The van der Waals surface area contributed by atoms with Crippen molar-refractivity contribution in [3.63, 3.8) is 0 Å². The third kappa shape index (κ3) is 3.76. The number of nitrogens with zero attached hydrogens (tertiary/aromatic N) is 2. The highest BCUT2D eigenvalue weighted by Crippen LogP contribution is 2.25. The predicted molar refractivity (Wildman–Crippen MR) is 89.4 cm³/mol. The van der Waals surface area contributed by atoms with Crippen LogP contribution in [0.3, 0.4) is 0 Å². The van der Waals surface area contributed by atoms with E-state index in [-0.39, 0.29) is 23.5 Å². The zero-order valence-corrected chi connectivity index (χ0v) is 13.8. The summed E-state index contributed by atoms with van der Waals surface area (Å²) in [6, 6.07) is 8.84. The highest BCUT2D eigenvalue weighted by atomic mass is 35.5. The molecule has 126 valence electrons. The summed E-state index contributed by atoms with van der Waals surface area (Å²) in [4.78, 5) is 25.2. The van der Waals surface area contributed by atoms with Crippen LogP contribution in [-0.4, -0.2) is 35.0 Å². The van der Waals surface area contributed by atoms with Crippen LogP contribution >= 0.6 is 11.6 Å². The molecule has 1 aliphatic heterocycles. The van der Waals surface area contributed by atoms with Gasteiger partial charge in [0.25, 0.3) is 5.91 Å². The number of carbonyl (C=O) groups is 2. The van der Waals surface area contributed by atoms with Crippen LogP contribution < -0.4 is 5.73 Å². The van der Waals surface area contributed by atoms with E-state index in [1.54, 1.807) is 23.1 Å². The Morgan fingerprint density at radius 3 is 2.71 bits per heavy atom. The first kappa shape index (κ1) is 16.5. The van der Waals surface area contributed by atoms with E-state index < -0.39 is 0 Å². The fourth-order valence-electron chi connectivity index (χ4n) is 2.94. The minimum Gasteiger partial charge on any atom is -0.370 e. The number of carbonyl (C=O) groups excluding carboxylic acids is 2. The second-order valence-electron chi connectivity index (χ2n) is 5.99. The molecule has 2 N–H and O–H groups in total. The lowest BCUT2D eigenvalue weighted by atomic mass is 9.93. The summed E-state index contributed by atoms with van der Waals surface area (Å²) in [6.07, 6.45) is 1.91. The smallest absolute Gasteiger partial charge is 0.292 e. The molecule has 2 aromatic rings. The number of halogens is 1. The van der Waals surface area contributed by atoms with Gasteiger partial charge in [-0.2, -0.15) is 0 Å². The number of benzene rings is 1. The lowest BCUT2D eigenvalue weighted by molar-refractivity contribution is -0.119. The maximum atomic E-state index is 12.5. The van der Waals surface area contributed by atoms with E-state index in [0.29, 0.717) is 30.2 Å². The molecule has 1 fully saturated rings. The zero-order valence-electron chi connectivity index (χ0n) is 13.1. The molecule has 0 saturated carbocycles. The van der Waals surface area contributed by atoms with Crippen LogP contribution in [0.1, 0.15) is 29.8 Å². The fraction of sp³-hybridized carbons (Fsp3) is 0.353. The van der Waals surface area contributed by atoms with Crippen LogP contribution in [0.15, 0.2) is 34.9 Å². The molecule has 6 nitrogen and oxygen atoms in total. The quantitative estimate of drug-likeness (QED) is 0.920. The molecule has 0 bridgehead atoms. The standard InChI is InChI=1S/C17H18ClN3O3/c18-13-3-1-2-12(9-13)14-10-15(24-20-14)17(23)21-6-4-11(5-7-21)8-16(19)22/h1-3,9-11H,4-8H2,(H2,19,22). The molecule has 2 heterocycles. The molecule has 1 saturated heterocycles. The number of amides is 2. The van der Waals surface area contributed by atoms with E-state index in [1.807, 2.05) is 12.1 Å². The maximum Gasteiger partial charge on any atom is 0.292 e. The maximum absolute atomic E-state index is 12.5. The Balaban J connectivity index is 1.65. The lowest BCUT2D eigenvalue weighted by Crippen LogP contribution is -2.39. The third-order valence-corrected chi connectivity index (χ3v) is 4.47. The molecule has 24 heavy (non-hydrogen) atoms. The van der Waals surface area contributed by atoms with Crippen molar-refractivity contribution < 1.29 is 14.1 Å². The molecule has 0 spiro atoms. The molecule has 7 heteroatoms. The van der Waals surface area contributed by atoms with Crippen molar-refractivity contribution in [1.29, 1.82) is 0 Å². The molecular formula is C17H18ClN3O3. The van der Waals surface area contributed by atoms with Crippen LogP contribution in [0, 0.1) is 5.92 Å². The Morgan fingerprint density at radius 1 is 1.29 bits per heavy atom. The molecule has 1 aromatic heterocycles. The SMILES string of the molecule is NC(=O)CC1CCN(C(=O)c2cc(-c3cccc(Cl)c3)no2)CC1. The third-order valence-electron chi connectivity index (χ3n) is 4.23. The molecule has 1 aliphatic rings. The van der Waals surface area contributed by atoms with Crippen LogP contribution in [0.4, 0.5) is 0 Å². The van der Waals surface area contributed by atoms with Gasteiger partial charge in [0.2, 0.25) is 11.7 Å². The summed E-state index contributed by atoms with van der Waals surface area (Å²) in [6.45, 7) is 1.17. The summed E-state index contributed by atoms with van der Waals surface area (Å²) in [5, 5.41) is 4.55. The number of piperidine rings is 1. The molecule has 0 aliphatic carbocycles. The van der Waals surface area contributed by atoms with E-state index in [9.17, 15) is 9.59 Å². The highest BCUT2D eigenvalue weighted by molar-refractivity contribution is 6.30. The largest absolute Gasteiger partial charge is 0.370 e. The highest BCUT2D eigenvalue weighted by Gasteiger charge is 2.27. The van der Waals surface area contributed by atoms with Gasteiger partial charge in [-0.05, 0) is 30.9 Å². The van der Waals surface area contributed by atoms with E-state index in [4.69, 9.17) is 21.9 Å². The predicted octanol–water partition coefficient (Wildman–Crippen LogP) is 2.72. The second kappa shape index (κ2) is 7.05. The van der Waals surface area contributed by atoms with Gasteiger partial charge in [0.05, 0.1) is 0 Å². The minimum atomic E-state index is -0.291. The second-order valence-corrected chi connectivity index (χ2v) is 6.43. The van der Waals surface area contributed by atoms with Crippen molar-refractivity contribution >= 4 is 23.4 Å². The Kier molecular flexibility index (Phi) is 4.85. The number of rotatable bonds is 4. The van der Waals surface area contributed by atoms with Crippen molar-refractivity contribution in [2.45, 2.75) is 19.3 Å². The van der Waals surface area contributed by atoms with Gasteiger partial charge in [-0.15, -0.1) is 0 Å². The normalized spacial score (nSPS) is 15.5. The Morgan fingerprint density at radius 2 is 2.04 bits per heavy atom. The molecular weight excluding hydrogens is 330 g/mol. The van der Waals surface area contributed by atoms with E-state index in [2.05, 4.69) is 5.16 Å². The zero-order chi connectivity index (χ0) is 17.1. The van der Waals surface area contributed by atoms with Crippen molar-refractivity contribution in [2.75, 3.05) is 13.1 Å². The van der Waals surface area contributed by atoms with E-state index in [0.717, 1.165) is 18.4 Å². The first-order chi connectivity index (χ1) is 11.5. The van der Waals surface area contributed by atoms with Gasteiger partial charge in [-0.3, -0.25) is 9.59 Å². The number of aromatic nitrogens is 1. The fourth-order valence-corrected chi connectivity index (χ4v) is 3.13. The molecule has 2 amide bonds. The topological polar surface area (TPSA) is 89.4 Å². The lowest BCUT2D eigenvalue weighted by Gasteiger charge is -2.30. The van der Waals surface area contributed by atoms with Gasteiger partial charge in [0, 0.05) is 36.2 Å². The molecule has 0 radical (unpaired) electrons. The Bertz CT molecular complexity index is 751. The van der Waals surface area contributed by atoms with Gasteiger partial charge >= 0.3 is 0 Å². The summed E-state index contributed by atoms with van der Waals surface area (Å²) < 4.78 is 5.21. The summed E-state index contributed by atoms with van der Waals surface area (Å²) in [5.41, 5.74) is 6.60. The van der Waals surface area contributed by atoms with E-state index in [1.165, 1.54) is 0 Å². The monoisotopic (exact) mass is 347 g/mol. The summed E-state index contributed by atoms with van der Waals surface area (Å²) >= 11 is 5.97. The summed E-state index contributed by atoms with van der Waals surface area (Å²) in [7, 11) is 0. The molecule has 3 rings (SSSR count). The number of hydrogen-bond acceptors (Lipinski definition) is 4. The van der Waals surface area contributed by atoms with Crippen molar-refractivity contribution in [3.05, 3.63) is 41.1 Å². The van der Waals surface area contributed by atoms with Gasteiger partial charge in [0.15, 0.2) is 0 Å². The Hall–Kier alpha value is -2.34. The average molecular weight is 348 g/mol. The first-order valence-electron chi connectivity index (χ1n) is 7.83. The number of primary amides is 1. The van der Waals surface area contributed by atoms with Gasteiger partial charge in [0.1, 0.15) is 5.69 Å². The van der Waals surface area contributed by atoms with Crippen LogP contribution in [0.25, 0.3) is 11.3 Å². The van der Waals surface area contributed by atoms with Crippen molar-refractivity contribution in [3.8, 4) is 11.3 Å². The minimum absolute atomic E-state index is 0.187. The number of likely N-dealkylation sites (tertiary alicyclic amines) is 1. The average Bonchev–Trinajstić information content (AvgIpc) is 3.04. The molecule has 1 aromatic carbocycles. The van der Waals surface area contributed by atoms with Gasteiger partial charge < -0.3 is 15.2 Å². The number of nitrogens with two attached hydrogens (primary N) is 1. The first-order valence-corrected chi connectivity index (χ1v) is 8.21. The molecule has 0 atom stereocenters. The van der Waals surface area contributed by atoms with Crippen LogP contribution in [-0.2, 0) is 4.79 Å². The van der Waals surface area contributed by atoms with Crippen LogP contribution in [0.5, 0.6) is 0 Å². The summed E-state index contributed by atoms with van der Waals surface area (Å²) in [5.74, 6) is -0.0175. The van der Waals surface area contributed by atoms with Gasteiger partial charge in [-0.1, -0.05) is 28.9 Å². The van der Waals surface area contributed by atoms with E-state index >= 15 is 0 Å². The van der Waals surface area contributed by atoms with Crippen molar-refractivity contribution in [2.24, 2.45) is 11.7 Å². The Labute approximate surface area is 144 Å². The molecule has 0 unspecified atom stereocenters. The van der Waals surface area contributed by atoms with Gasteiger partial charge in [-0.25, -0.2) is 0 Å². The van der Waals surface area contributed by atoms with Crippen LogP contribution in [0.2, 0.25) is 5.02 Å². The van der Waals surface area contributed by atoms with Crippen molar-refractivity contribution in [1.82, 2.24) is 10.1 Å².